The number of piperidine rings is 1. The fraction of sp³-hybridized carbons (Fsp3) is 0.600. The van der Waals surface area contributed by atoms with Crippen LogP contribution in [0.25, 0.3) is 0 Å². The Morgan fingerprint density at radius 3 is 2.90 bits per heavy atom. The van der Waals surface area contributed by atoms with Gasteiger partial charge in [-0.25, -0.2) is 4.79 Å². The van der Waals surface area contributed by atoms with E-state index < -0.39 is 0 Å². The molecule has 2 saturated heterocycles. The van der Waals surface area contributed by atoms with Crippen LogP contribution in [-0.4, -0.2) is 52.5 Å². The molecule has 2 N–H and O–H groups in total. The molecule has 21 heavy (non-hydrogen) atoms. The summed E-state index contributed by atoms with van der Waals surface area (Å²) in [6.45, 7) is 4.91. The molecule has 6 heteroatoms. The Morgan fingerprint density at radius 1 is 1.38 bits per heavy atom. The lowest BCUT2D eigenvalue weighted by atomic mass is 9.98. The van der Waals surface area contributed by atoms with Crippen LogP contribution in [-0.2, 0) is 0 Å². The van der Waals surface area contributed by atoms with E-state index >= 15 is 0 Å². The number of carbonyl (C=O) groups excluding carboxylic acids is 1. The molecule has 0 spiro atoms. The Bertz CT molecular complexity index is 565. The van der Waals surface area contributed by atoms with E-state index in [4.69, 9.17) is 0 Å². The van der Waals surface area contributed by atoms with Gasteiger partial charge in [0.1, 0.15) is 5.69 Å². The fourth-order valence-electron chi connectivity index (χ4n) is 3.21. The van der Waals surface area contributed by atoms with Crippen LogP contribution in [0.5, 0.6) is 0 Å². The van der Waals surface area contributed by atoms with Crippen LogP contribution < -0.4 is 10.9 Å². The van der Waals surface area contributed by atoms with Crippen molar-refractivity contribution in [3.8, 4) is 0 Å². The van der Waals surface area contributed by atoms with Gasteiger partial charge in [-0.1, -0.05) is 6.42 Å². The van der Waals surface area contributed by atoms with E-state index in [2.05, 4.69) is 22.1 Å². The molecule has 0 bridgehead atoms. The molecule has 1 aromatic rings. The molecular formula is C15H22N4O2. The van der Waals surface area contributed by atoms with E-state index in [0.29, 0.717) is 17.8 Å². The minimum absolute atomic E-state index is 0.187. The van der Waals surface area contributed by atoms with E-state index in [1.807, 2.05) is 0 Å². The van der Waals surface area contributed by atoms with Gasteiger partial charge in [0.25, 0.3) is 5.56 Å². The monoisotopic (exact) mass is 290 g/mol. The van der Waals surface area contributed by atoms with Crippen molar-refractivity contribution in [2.45, 2.75) is 38.3 Å². The zero-order valence-electron chi connectivity index (χ0n) is 12.3. The summed E-state index contributed by atoms with van der Waals surface area (Å²) in [5.74, 6) is 0. The number of rotatable bonds is 2. The van der Waals surface area contributed by atoms with E-state index in [-0.39, 0.29) is 11.6 Å². The SMILES string of the molecule is CC1CCCCN1C1CN(C(=O)Nc2ccc[nH]c2=O)C1. The largest absolute Gasteiger partial charge is 0.327 e. The number of amides is 2. The summed E-state index contributed by atoms with van der Waals surface area (Å²) < 4.78 is 0. The van der Waals surface area contributed by atoms with Crippen molar-refractivity contribution < 1.29 is 4.79 Å². The molecule has 0 saturated carbocycles. The molecule has 0 aromatic carbocycles. The van der Waals surface area contributed by atoms with Gasteiger partial charge >= 0.3 is 6.03 Å². The predicted molar refractivity (Wildman–Crippen MR) is 81.5 cm³/mol. The second-order valence-corrected chi connectivity index (χ2v) is 5.98. The summed E-state index contributed by atoms with van der Waals surface area (Å²) in [6, 6.07) is 4.21. The van der Waals surface area contributed by atoms with Gasteiger partial charge < -0.3 is 15.2 Å². The summed E-state index contributed by atoms with van der Waals surface area (Å²) in [7, 11) is 0. The molecule has 2 aliphatic heterocycles. The molecule has 1 aromatic heterocycles. The molecule has 3 rings (SSSR count). The highest BCUT2D eigenvalue weighted by Gasteiger charge is 2.37. The maximum atomic E-state index is 12.1. The van der Waals surface area contributed by atoms with Gasteiger partial charge in [0.2, 0.25) is 0 Å². The van der Waals surface area contributed by atoms with Crippen molar-refractivity contribution in [3.05, 3.63) is 28.7 Å². The zero-order chi connectivity index (χ0) is 14.8. The van der Waals surface area contributed by atoms with Crippen LogP contribution in [0, 0.1) is 0 Å². The third-order valence-electron chi connectivity index (χ3n) is 4.53. The van der Waals surface area contributed by atoms with Crippen LogP contribution in [0.4, 0.5) is 10.5 Å². The van der Waals surface area contributed by atoms with Gasteiger partial charge in [-0.3, -0.25) is 9.69 Å². The minimum atomic E-state index is -0.271. The molecule has 0 aliphatic carbocycles. The normalized spacial score (nSPS) is 23.7. The first-order chi connectivity index (χ1) is 10.1. The summed E-state index contributed by atoms with van der Waals surface area (Å²) >= 11 is 0. The summed E-state index contributed by atoms with van der Waals surface area (Å²) in [4.78, 5) is 30.5. The molecule has 2 fully saturated rings. The number of urea groups is 1. The third kappa shape index (κ3) is 2.95. The third-order valence-corrected chi connectivity index (χ3v) is 4.53. The number of hydrogen-bond donors (Lipinski definition) is 2. The highest BCUT2D eigenvalue weighted by molar-refractivity contribution is 5.89. The predicted octanol–water partition coefficient (Wildman–Crippen LogP) is 1.47. The van der Waals surface area contributed by atoms with Gasteiger partial charge in [-0.15, -0.1) is 0 Å². The first-order valence-electron chi connectivity index (χ1n) is 7.64. The lowest BCUT2D eigenvalue weighted by Gasteiger charge is -2.49. The van der Waals surface area contributed by atoms with E-state index in [9.17, 15) is 9.59 Å². The molecule has 6 nitrogen and oxygen atoms in total. The Kier molecular flexibility index (Phi) is 3.96. The van der Waals surface area contributed by atoms with Crippen molar-refractivity contribution >= 4 is 11.7 Å². The van der Waals surface area contributed by atoms with Crippen molar-refractivity contribution in [1.82, 2.24) is 14.8 Å². The Hall–Kier alpha value is -1.82. The lowest BCUT2D eigenvalue weighted by molar-refractivity contribution is 0.0199. The standard InChI is InChI=1S/C15H22N4O2/c1-11-5-2-3-8-19(11)12-9-18(10-12)15(21)17-13-6-4-7-16-14(13)20/h4,6-7,11-12H,2-3,5,8-10H2,1H3,(H,16,20)(H,17,21). The summed E-state index contributed by atoms with van der Waals surface area (Å²) in [6.07, 6.45) is 5.37. The number of likely N-dealkylation sites (tertiary alicyclic amines) is 2. The second-order valence-electron chi connectivity index (χ2n) is 5.98. The van der Waals surface area contributed by atoms with Gasteiger partial charge in [0, 0.05) is 31.4 Å². The van der Waals surface area contributed by atoms with Crippen LogP contribution in [0.3, 0.4) is 0 Å². The number of H-pyrrole nitrogens is 1. The van der Waals surface area contributed by atoms with Crippen LogP contribution in [0.1, 0.15) is 26.2 Å². The minimum Gasteiger partial charge on any atom is -0.327 e. The first kappa shape index (κ1) is 14.1. The average molecular weight is 290 g/mol. The zero-order valence-corrected chi connectivity index (χ0v) is 12.3. The average Bonchev–Trinajstić information content (AvgIpc) is 2.42. The number of carbonyl (C=O) groups is 1. The molecule has 1 atom stereocenters. The van der Waals surface area contributed by atoms with Crippen molar-refractivity contribution in [2.24, 2.45) is 0 Å². The number of aromatic amines is 1. The topological polar surface area (TPSA) is 68.4 Å². The van der Waals surface area contributed by atoms with Crippen LogP contribution >= 0.6 is 0 Å². The molecule has 2 amide bonds. The molecular weight excluding hydrogens is 268 g/mol. The maximum absolute atomic E-state index is 12.1. The van der Waals surface area contributed by atoms with E-state index in [0.717, 1.165) is 19.6 Å². The Balaban J connectivity index is 1.53. The molecule has 0 radical (unpaired) electrons. The molecule has 114 valence electrons. The quantitative estimate of drug-likeness (QED) is 0.866. The van der Waals surface area contributed by atoms with Crippen molar-refractivity contribution in [1.29, 1.82) is 0 Å². The van der Waals surface area contributed by atoms with Gasteiger partial charge in [-0.05, 0) is 38.4 Å². The van der Waals surface area contributed by atoms with Crippen LogP contribution in [0.15, 0.2) is 23.1 Å². The second kappa shape index (κ2) is 5.89. The number of hydrogen-bond acceptors (Lipinski definition) is 3. The number of nitrogens with zero attached hydrogens (tertiary/aromatic N) is 2. The molecule has 3 heterocycles. The number of pyridine rings is 1. The van der Waals surface area contributed by atoms with Gasteiger partial charge in [-0.2, -0.15) is 0 Å². The molecule has 2 aliphatic rings. The Morgan fingerprint density at radius 2 is 2.19 bits per heavy atom. The van der Waals surface area contributed by atoms with E-state index in [1.54, 1.807) is 23.2 Å². The van der Waals surface area contributed by atoms with Crippen molar-refractivity contribution in [2.75, 3.05) is 25.0 Å². The van der Waals surface area contributed by atoms with Gasteiger partial charge in [0.15, 0.2) is 0 Å². The Labute approximate surface area is 124 Å². The van der Waals surface area contributed by atoms with Crippen molar-refractivity contribution in [3.63, 3.8) is 0 Å². The number of anilines is 1. The fourth-order valence-corrected chi connectivity index (χ4v) is 3.21. The van der Waals surface area contributed by atoms with Crippen LogP contribution in [0.2, 0.25) is 0 Å². The smallest absolute Gasteiger partial charge is 0.322 e. The highest BCUT2D eigenvalue weighted by atomic mass is 16.2. The van der Waals surface area contributed by atoms with E-state index in [1.165, 1.54) is 19.3 Å². The maximum Gasteiger partial charge on any atom is 0.322 e. The summed E-state index contributed by atoms with van der Waals surface area (Å²) in [5.41, 5.74) is 0.0323. The highest BCUT2D eigenvalue weighted by Crippen LogP contribution is 2.24. The van der Waals surface area contributed by atoms with Gasteiger partial charge in [0.05, 0.1) is 0 Å². The number of aromatic nitrogens is 1. The first-order valence-corrected chi connectivity index (χ1v) is 7.64. The summed E-state index contributed by atoms with van der Waals surface area (Å²) in [5, 5.41) is 2.67. The lowest BCUT2D eigenvalue weighted by Crippen LogP contribution is -2.64. The molecule has 1 unspecified atom stereocenters. The number of nitrogens with one attached hydrogen (secondary N) is 2.